The number of nitrogens with zero attached hydrogens (tertiary/aromatic N) is 2. The van der Waals surface area contributed by atoms with Crippen LogP contribution in [0.2, 0.25) is 0 Å². The summed E-state index contributed by atoms with van der Waals surface area (Å²) in [4.78, 5) is 51.9. The third kappa shape index (κ3) is 5.84. The number of nitrogens with one attached hydrogen (secondary N) is 1. The molecule has 1 atom stereocenters. The van der Waals surface area contributed by atoms with Crippen molar-refractivity contribution in [3.63, 3.8) is 0 Å². The summed E-state index contributed by atoms with van der Waals surface area (Å²) in [6, 6.07) is 10.4. The number of primary amides is 1. The van der Waals surface area contributed by atoms with Crippen molar-refractivity contribution in [3.05, 3.63) is 76.0 Å². The van der Waals surface area contributed by atoms with Crippen LogP contribution in [0.15, 0.2) is 48.5 Å². The van der Waals surface area contributed by atoms with E-state index in [2.05, 4.69) is 9.69 Å². The molecular formula is C24H24FN5O5S. The molecule has 36 heavy (non-hydrogen) atoms. The number of hydrogen-bond donors (Lipinski definition) is 3. The number of benzene rings is 2. The molecule has 0 aliphatic rings. The Bertz CT molecular complexity index is 1290. The normalized spacial score (nSPS) is 11.4. The van der Waals surface area contributed by atoms with Crippen LogP contribution in [0.5, 0.6) is 0 Å². The molecule has 1 heterocycles. The Labute approximate surface area is 210 Å². The number of amides is 3. The van der Waals surface area contributed by atoms with Crippen molar-refractivity contribution in [2.45, 2.75) is 19.9 Å². The maximum absolute atomic E-state index is 13.9. The smallest absolute Gasteiger partial charge is 0.325 e. The third-order valence-electron chi connectivity index (χ3n) is 5.06. The van der Waals surface area contributed by atoms with E-state index in [4.69, 9.17) is 16.2 Å². The first-order valence-electron chi connectivity index (χ1n) is 10.8. The summed E-state index contributed by atoms with van der Waals surface area (Å²) in [6.07, 6.45) is 0. The lowest BCUT2D eigenvalue weighted by Gasteiger charge is -2.31. The van der Waals surface area contributed by atoms with Crippen molar-refractivity contribution in [2.75, 3.05) is 23.8 Å². The Morgan fingerprint density at radius 2 is 1.86 bits per heavy atom. The van der Waals surface area contributed by atoms with Gasteiger partial charge in [0.05, 0.1) is 12.3 Å². The average Bonchev–Trinajstić information content (AvgIpc) is 3.23. The predicted octanol–water partition coefficient (Wildman–Crippen LogP) is 2.34. The monoisotopic (exact) mass is 513 g/mol. The first-order chi connectivity index (χ1) is 17.1. The molecule has 0 saturated heterocycles. The number of halogens is 1. The van der Waals surface area contributed by atoms with Crippen LogP contribution < -0.4 is 21.7 Å². The Kier molecular flexibility index (Phi) is 8.33. The molecule has 3 aromatic rings. The molecule has 5 N–H and O–H groups in total. The molecule has 3 rings (SSSR count). The lowest BCUT2D eigenvalue weighted by molar-refractivity contribution is -0.143. The molecule has 10 nitrogen and oxygen atoms in total. The molecule has 0 radical (unpaired) electrons. The Hall–Kier alpha value is -4.32. The Morgan fingerprint density at radius 1 is 1.17 bits per heavy atom. The maximum Gasteiger partial charge on any atom is 0.325 e. The van der Waals surface area contributed by atoms with E-state index in [1.165, 1.54) is 12.1 Å². The minimum absolute atomic E-state index is 0.115. The van der Waals surface area contributed by atoms with Gasteiger partial charge in [0.2, 0.25) is 5.91 Å². The fourth-order valence-electron chi connectivity index (χ4n) is 3.43. The van der Waals surface area contributed by atoms with E-state index in [1.54, 1.807) is 38.1 Å². The van der Waals surface area contributed by atoms with Gasteiger partial charge >= 0.3 is 5.97 Å². The molecule has 0 saturated carbocycles. The quantitative estimate of drug-likeness (QED) is 0.371. The Balaban J connectivity index is 2.15. The highest BCUT2D eigenvalue weighted by molar-refractivity contribution is 7.09. The molecule has 3 amide bonds. The molecule has 0 unspecified atom stereocenters. The van der Waals surface area contributed by atoms with Crippen LogP contribution in [0, 0.1) is 12.7 Å². The van der Waals surface area contributed by atoms with E-state index >= 15 is 0 Å². The van der Waals surface area contributed by atoms with Crippen LogP contribution >= 0.6 is 11.5 Å². The van der Waals surface area contributed by atoms with Gasteiger partial charge < -0.3 is 21.5 Å². The van der Waals surface area contributed by atoms with Crippen molar-refractivity contribution in [2.24, 2.45) is 5.73 Å². The number of esters is 1. The highest BCUT2D eigenvalue weighted by atomic mass is 32.1. The number of ether oxygens (including phenoxy) is 1. The molecule has 0 aliphatic carbocycles. The van der Waals surface area contributed by atoms with Crippen LogP contribution in [-0.4, -0.2) is 41.2 Å². The highest BCUT2D eigenvalue weighted by Crippen LogP contribution is 2.33. The minimum atomic E-state index is -1.35. The van der Waals surface area contributed by atoms with Crippen molar-refractivity contribution < 1.29 is 28.3 Å². The number of aromatic nitrogens is 1. The van der Waals surface area contributed by atoms with Crippen LogP contribution in [-0.2, 0) is 14.3 Å². The number of nitrogens with two attached hydrogens (primary N) is 2. The summed E-state index contributed by atoms with van der Waals surface area (Å²) in [5.41, 5.74) is 12.2. The largest absolute Gasteiger partial charge is 0.465 e. The second kappa shape index (κ2) is 11.4. The number of carbonyl (C=O) groups is 4. The zero-order valence-corrected chi connectivity index (χ0v) is 20.3. The number of carbonyl (C=O) groups excluding carboxylic acids is 4. The van der Waals surface area contributed by atoms with E-state index in [0.29, 0.717) is 17.2 Å². The zero-order chi connectivity index (χ0) is 26.4. The zero-order valence-electron chi connectivity index (χ0n) is 19.5. The topological polar surface area (TPSA) is 158 Å². The second-order valence-corrected chi connectivity index (χ2v) is 8.40. The summed E-state index contributed by atoms with van der Waals surface area (Å²) < 4.78 is 22.5. The van der Waals surface area contributed by atoms with Crippen LogP contribution in [0.1, 0.15) is 44.3 Å². The number of nitrogen functional groups attached to an aromatic ring is 1. The van der Waals surface area contributed by atoms with Gasteiger partial charge in [0.15, 0.2) is 5.69 Å². The van der Waals surface area contributed by atoms with Gasteiger partial charge in [-0.3, -0.25) is 24.1 Å². The fraction of sp³-hybridized carbons (Fsp3) is 0.208. The summed E-state index contributed by atoms with van der Waals surface area (Å²) in [5, 5.41) is 2.47. The van der Waals surface area contributed by atoms with Crippen LogP contribution in [0.25, 0.3) is 0 Å². The Morgan fingerprint density at radius 3 is 2.44 bits per heavy atom. The summed E-state index contributed by atoms with van der Waals surface area (Å²) in [7, 11) is 0. The maximum atomic E-state index is 13.9. The number of hydrogen-bond acceptors (Lipinski definition) is 8. The molecule has 12 heteroatoms. The van der Waals surface area contributed by atoms with E-state index < -0.39 is 42.1 Å². The van der Waals surface area contributed by atoms with Crippen LogP contribution in [0.4, 0.5) is 15.8 Å². The molecule has 1 aromatic heterocycles. The van der Waals surface area contributed by atoms with E-state index in [9.17, 15) is 23.6 Å². The predicted molar refractivity (Wildman–Crippen MR) is 132 cm³/mol. The SMILES string of the molecule is CCOC(=O)CNC(=O)[C@@H](c1ccc(F)cc1)N(C(=O)c1snc(C(N)=O)c1N)c1cccc(C)c1. The number of rotatable bonds is 9. The highest BCUT2D eigenvalue weighted by Gasteiger charge is 2.36. The standard InChI is InChI=1S/C24H24FN5O5S/c1-3-35-17(31)12-28-23(33)20(14-7-9-15(25)10-8-14)30(16-6-4-5-13(2)11-16)24(34)21-18(26)19(22(27)32)29-36-21/h4-11,20H,3,12,26H2,1-2H3,(H2,27,32)(H,28,33)/t20-/m1/s1. The molecule has 0 fully saturated rings. The summed E-state index contributed by atoms with van der Waals surface area (Å²) in [6.45, 7) is 3.09. The van der Waals surface area contributed by atoms with Crippen molar-refractivity contribution in [1.29, 1.82) is 0 Å². The summed E-state index contributed by atoms with van der Waals surface area (Å²) >= 11 is 0.659. The fourth-order valence-corrected chi connectivity index (χ4v) is 4.17. The lowest BCUT2D eigenvalue weighted by Crippen LogP contribution is -2.45. The van der Waals surface area contributed by atoms with E-state index in [0.717, 1.165) is 22.6 Å². The third-order valence-corrected chi connectivity index (χ3v) is 5.91. The van der Waals surface area contributed by atoms with E-state index in [-0.39, 0.29) is 28.4 Å². The molecule has 188 valence electrons. The van der Waals surface area contributed by atoms with Crippen LogP contribution in [0.3, 0.4) is 0 Å². The van der Waals surface area contributed by atoms with Gasteiger partial charge in [-0.25, -0.2) is 4.39 Å². The van der Waals surface area contributed by atoms with Gasteiger partial charge in [0, 0.05) is 5.69 Å². The number of anilines is 2. The van der Waals surface area contributed by atoms with Crippen molar-refractivity contribution in [3.8, 4) is 0 Å². The average molecular weight is 514 g/mol. The summed E-state index contributed by atoms with van der Waals surface area (Å²) in [5.74, 6) is -3.61. The molecular weight excluding hydrogens is 489 g/mol. The van der Waals surface area contributed by atoms with Gasteiger partial charge in [-0.15, -0.1) is 0 Å². The van der Waals surface area contributed by atoms with Crippen molar-refractivity contribution in [1.82, 2.24) is 9.69 Å². The van der Waals surface area contributed by atoms with E-state index in [1.807, 2.05) is 0 Å². The molecule has 0 spiro atoms. The van der Waals surface area contributed by atoms with Gasteiger partial charge in [0.1, 0.15) is 23.3 Å². The molecule has 2 aromatic carbocycles. The van der Waals surface area contributed by atoms with Gasteiger partial charge in [-0.2, -0.15) is 4.37 Å². The number of aryl methyl sites for hydroxylation is 1. The van der Waals surface area contributed by atoms with Gasteiger partial charge in [-0.1, -0.05) is 24.3 Å². The van der Waals surface area contributed by atoms with Gasteiger partial charge in [0.25, 0.3) is 11.8 Å². The first kappa shape index (κ1) is 26.3. The minimum Gasteiger partial charge on any atom is -0.465 e. The van der Waals surface area contributed by atoms with Crippen molar-refractivity contribution >= 4 is 46.6 Å². The first-order valence-corrected chi connectivity index (χ1v) is 11.5. The lowest BCUT2D eigenvalue weighted by atomic mass is 10.0. The molecule has 0 bridgehead atoms. The molecule has 0 aliphatic heterocycles. The second-order valence-electron chi connectivity index (χ2n) is 7.63. The van der Waals surface area contributed by atoms with Gasteiger partial charge in [-0.05, 0) is 60.8 Å².